The second kappa shape index (κ2) is 5.68. The Balaban J connectivity index is 1.85. The lowest BCUT2D eigenvalue weighted by Gasteiger charge is -2.12. The molecule has 0 spiro atoms. The maximum absolute atomic E-state index is 9.66. The van der Waals surface area contributed by atoms with Gasteiger partial charge in [-0.2, -0.15) is 0 Å². The molecule has 0 aromatic heterocycles. The van der Waals surface area contributed by atoms with E-state index in [2.05, 4.69) is 10.3 Å². The van der Waals surface area contributed by atoms with Gasteiger partial charge in [0.25, 0.3) is 0 Å². The van der Waals surface area contributed by atoms with Crippen LogP contribution < -0.4 is 11.1 Å². The van der Waals surface area contributed by atoms with Crippen molar-refractivity contribution in [3.8, 4) is 0 Å². The zero-order valence-corrected chi connectivity index (χ0v) is 9.84. The summed E-state index contributed by atoms with van der Waals surface area (Å²) < 4.78 is 0. The predicted molar refractivity (Wildman–Crippen MR) is 69.9 cm³/mol. The maximum Gasteiger partial charge on any atom is 0.193 e. The van der Waals surface area contributed by atoms with Crippen molar-refractivity contribution in [1.82, 2.24) is 0 Å². The van der Waals surface area contributed by atoms with Gasteiger partial charge in [0.1, 0.15) is 0 Å². The Hall–Kier alpha value is -1.55. The number of hydrogen-bond donors (Lipinski definition) is 3. The first-order chi connectivity index (χ1) is 8.25. The van der Waals surface area contributed by atoms with E-state index in [4.69, 9.17) is 5.73 Å². The molecular formula is C13H19N3O. The van der Waals surface area contributed by atoms with Gasteiger partial charge in [0, 0.05) is 18.2 Å². The Bertz CT molecular complexity index is 378. The van der Waals surface area contributed by atoms with E-state index >= 15 is 0 Å². The van der Waals surface area contributed by atoms with Crippen LogP contribution in [0.2, 0.25) is 0 Å². The number of aliphatic hydroxyl groups is 1. The Morgan fingerprint density at radius 1 is 1.35 bits per heavy atom. The predicted octanol–water partition coefficient (Wildman–Crippen LogP) is 1.57. The lowest BCUT2D eigenvalue weighted by Crippen LogP contribution is -2.25. The summed E-state index contributed by atoms with van der Waals surface area (Å²) in [5.74, 6) is 0.682. The lowest BCUT2D eigenvalue weighted by molar-refractivity contribution is 0.137. The molecular weight excluding hydrogens is 214 g/mol. The fourth-order valence-electron chi connectivity index (χ4n) is 2.15. The quantitative estimate of drug-likeness (QED) is 0.548. The second-order valence-corrected chi connectivity index (χ2v) is 4.48. The molecule has 1 aromatic rings. The van der Waals surface area contributed by atoms with E-state index in [-0.39, 0.29) is 12.0 Å². The van der Waals surface area contributed by atoms with E-state index in [0.29, 0.717) is 12.5 Å². The molecule has 2 rings (SSSR count). The van der Waals surface area contributed by atoms with E-state index in [1.54, 1.807) is 0 Å². The van der Waals surface area contributed by atoms with Crippen LogP contribution in [0.3, 0.4) is 0 Å². The van der Waals surface area contributed by atoms with Gasteiger partial charge in [0.15, 0.2) is 5.96 Å². The second-order valence-electron chi connectivity index (χ2n) is 4.48. The zero-order chi connectivity index (χ0) is 12.1. The molecule has 1 aliphatic rings. The largest absolute Gasteiger partial charge is 0.393 e. The van der Waals surface area contributed by atoms with Crippen molar-refractivity contribution in [3.05, 3.63) is 30.3 Å². The van der Waals surface area contributed by atoms with E-state index in [1.165, 1.54) is 0 Å². The molecule has 1 aliphatic carbocycles. The number of nitrogens with zero attached hydrogens (tertiary/aromatic N) is 1. The van der Waals surface area contributed by atoms with E-state index in [9.17, 15) is 5.11 Å². The standard InChI is InChI=1S/C13H19N3O/c14-13(16-11-6-2-1-3-7-11)15-9-10-5-4-8-12(10)17/h1-3,6-7,10,12,17H,4-5,8-9H2,(H3,14,15,16). The monoisotopic (exact) mass is 233 g/mol. The molecule has 4 N–H and O–H groups in total. The average Bonchev–Trinajstić information content (AvgIpc) is 2.74. The normalized spacial score (nSPS) is 24.9. The molecule has 4 nitrogen and oxygen atoms in total. The molecule has 0 saturated heterocycles. The van der Waals surface area contributed by atoms with Crippen molar-refractivity contribution >= 4 is 11.6 Å². The van der Waals surface area contributed by atoms with E-state index in [0.717, 1.165) is 24.9 Å². The summed E-state index contributed by atoms with van der Waals surface area (Å²) in [5, 5.41) is 12.7. The van der Waals surface area contributed by atoms with Crippen LogP contribution >= 0.6 is 0 Å². The molecule has 92 valence electrons. The highest BCUT2D eigenvalue weighted by Gasteiger charge is 2.24. The molecule has 1 fully saturated rings. The fraction of sp³-hybridized carbons (Fsp3) is 0.462. The van der Waals surface area contributed by atoms with Crippen molar-refractivity contribution < 1.29 is 5.11 Å². The summed E-state index contributed by atoms with van der Waals surface area (Å²) in [6, 6.07) is 9.71. The maximum atomic E-state index is 9.66. The first-order valence-electron chi connectivity index (χ1n) is 6.06. The summed E-state index contributed by atoms with van der Waals surface area (Å²) in [5.41, 5.74) is 6.72. The lowest BCUT2D eigenvalue weighted by atomic mass is 10.1. The highest BCUT2D eigenvalue weighted by atomic mass is 16.3. The molecule has 1 saturated carbocycles. The topological polar surface area (TPSA) is 70.6 Å². The summed E-state index contributed by atoms with van der Waals surface area (Å²) in [4.78, 5) is 4.28. The summed E-state index contributed by atoms with van der Waals surface area (Å²) in [6.45, 7) is 0.604. The highest BCUT2D eigenvalue weighted by Crippen LogP contribution is 2.25. The minimum atomic E-state index is -0.205. The molecule has 2 atom stereocenters. The van der Waals surface area contributed by atoms with Gasteiger partial charge < -0.3 is 16.2 Å². The van der Waals surface area contributed by atoms with E-state index < -0.39 is 0 Å². The smallest absolute Gasteiger partial charge is 0.193 e. The minimum absolute atomic E-state index is 0.205. The van der Waals surface area contributed by atoms with Gasteiger partial charge in [-0.15, -0.1) is 0 Å². The van der Waals surface area contributed by atoms with Gasteiger partial charge in [0.05, 0.1) is 6.10 Å². The molecule has 17 heavy (non-hydrogen) atoms. The van der Waals surface area contributed by atoms with Gasteiger partial charge in [-0.1, -0.05) is 24.6 Å². The molecule has 0 radical (unpaired) electrons. The third-order valence-corrected chi connectivity index (χ3v) is 3.16. The Morgan fingerprint density at radius 3 is 2.76 bits per heavy atom. The number of aliphatic hydroxyl groups excluding tert-OH is 1. The number of aliphatic imine (C=N–C) groups is 1. The van der Waals surface area contributed by atoms with Crippen LogP contribution in [0.4, 0.5) is 5.69 Å². The number of nitrogens with one attached hydrogen (secondary N) is 1. The molecule has 0 bridgehead atoms. The number of guanidine groups is 1. The molecule has 0 aliphatic heterocycles. The number of hydrogen-bond acceptors (Lipinski definition) is 2. The molecule has 4 heteroatoms. The number of nitrogens with two attached hydrogens (primary N) is 1. The number of rotatable bonds is 3. The van der Waals surface area contributed by atoms with Crippen molar-refractivity contribution in [1.29, 1.82) is 0 Å². The zero-order valence-electron chi connectivity index (χ0n) is 9.84. The van der Waals surface area contributed by atoms with Gasteiger partial charge >= 0.3 is 0 Å². The molecule has 0 heterocycles. The third kappa shape index (κ3) is 3.46. The Kier molecular flexibility index (Phi) is 3.98. The van der Waals surface area contributed by atoms with Crippen LogP contribution in [-0.4, -0.2) is 23.7 Å². The Labute approximate surface area is 102 Å². The summed E-state index contributed by atoms with van der Waals surface area (Å²) >= 11 is 0. The van der Waals surface area contributed by atoms with Crippen LogP contribution in [0.1, 0.15) is 19.3 Å². The van der Waals surface area contributed by atoms with Crippen molar-refractivity contribution in [3.63, 3.8) is 0 Å². The van der Waals surface area contributed by atoms with E-state index in [1.807, 2.05) is 30.3 Å². The average molecular weight is 233 g/mol. The van der Waals surface area contributed by atoms with Crippen LogP contribution in [0.15, 0.2) is 35.3 Å². The number of benzene rings is 1. The van der Waals surface area contributed by atoms with Gasteiger partial charge in [-0.25, -0.2) is 0 Å². The van der Waals surface area contributed by atoms with Crippen molar-refractivity contribution in [2.24, 2.45) is 16.6 Å². The SMILES string of the molecule is NC(=NCC1CCCC1O)Nc1ccccc1. The first-order valence-corrected chi connectivity index (χ1v) is 6.06. The number of para-hydroxylation sites is 1. The fourth-order valence-corrected chi connectivity index (χ4v) is 2.15. The third-order valence-electron chi connectivity index (χ3n) is 3.16. The van der Waals surface area contributed by atoms with Crippen LogP contribution in [0.25, 0.3) is 0 Å². The van der Waals surface area contributed by atoms with Crippen LogP contribution in [-0.2, 0) is 0 Å². The molecule has 0 amide bonds. The summed E-state index contributed by atoms with van der Waals surface area (Å²) in [7, 11) is 0. The minimum Gasteiger partial charge on any atom is -0.393 e. The van der Waals surface area contributed by atoms with Crippen molar-refractivity contribution in [2.45, 2.75) is 25.4 Å². The molecule has 2 unspecified atom stereocenters. The van der Waals surface area contributed by atoms with Gasteiger partial charge in [-0.3, -0.25) is 4.99 Å². The molecule has 1 aromatic carbocycles. The van der Waals surface area contributed by atoms with Crippen LogP contribution in [0, 0.1) is 5.92 Å². The highest BCUT2D eigenvalue weighted by molar-refractivity contribution is 5.92. The first kappa shape index (κ1) is 11.9. The Morgan fingerprint density at radius 2 is 2.12 bits per heavy atom. The number of anilines is 1. The summed E-state index contributed by atoms with van der Waals surface area (Å²) in [6.07, 6.45) is 2.83. The van der Waals surface area contributed by atoms with Gasteiger partial charge in [0.2, 0.25) is 0 Å². The van der Waals surface area contributed by atoms with Crippen LogP contribution in [0.5, 0.6) is 0 Å². The van der Waals surface area contributed by atoms with Gasteiger partial charge in [-0.05, 0) is 25.0 Å². The van der Waals surface area contributed by atoms with Crippen molar-refractivity contribution in [2.75, 3.05) is 11.9 Å².